The van der Waals surface area contributed by atoms with Crippen molar-refractivity contribution in [2.75, 3.05) is 36.7 Å². The molecule has 2 fully saturated rings. The van der Waals surface area contributed by atoms with E-state index in [1.54, 1.807) is 31.1 Å². The molecule has 3 heterocycles. The minimum Gasteiger partial charge on any atom is -0.480 e. The predicted molar refractivity (Wildman–Crippen MR) is 163 cm³/mol. The van der Waals surface area contributed by atoms with Crippen LogP contribution in [-0.4, -0.2) is 60.7 Å². The summed E-state index contributed by atoms with van der Waals surface area (Å²) in [6.45, 7) is 12.7. The maximum atomic E-state index is 13.9. The maximum absolute atomic E-state index is 13.9. The second-order valence-electron chi connectivity index (χ2n) is 12.3. The average molecular weight is 592 g/mol. The lowest BCUT2D eigenvalue weighted by Crippen LogP contribution is -2.40. The molecular weight excluding hydrogens is 548 g/mol. The van der Waals surface area contributed by atoms with Crippen LogP contribution in [0.5, 0.6) is 0 Å². The van der Waals surface area contributed by atoms with Crippen LogP contribution in [0.1, 0.15) is 84.0 Å². The normalized spacial score (nSPS) is 22.4. The Morgan fingerprint density at radius 2 is 2.02 bits per heavy atom. The topological polar surface area (TPSA) is 108 Å². The highest BCUT2D eigenvalue weighted by atomic mass is 32.2. The quantitative estimate of drug-likeness (QED) is 0.264. The Kier molecular flexibility index (Phi) is 8.92. The Balaban J connectivity index is 1.54. The van der Waals surface area contributed by atoms with E-state index in [-0.39, 0.29) is 18.1 Å². The van der Waals surface area contributed by atoms with Crippen LogP contribution in [0.2, 0.25) is 0 Å². The van der Waals surface area contributed by atoms with Gasteiger partial charge in [-0.1, -0.05) is 6.92 Å². The average Bonchev–Trinajstić information content (AvgIpc) is 3.46. The van der Waals surface area contributed by atoms with Crippen molar-refractivity contribution in [2.45, 2.75) is 85.1 Å². The zero-order chi connectivity index (χ0) is 30.2. The van der Waals surface area contributed by atoms with Gasteiger partial charge in [0, 0.05) is 42.4 Å². The van der Waals surface area contributed by atoms with Crippen molar-refractivity contribution >= 4 is 41.1 Å². The zero-order valence-electron chi connectivity index (χ0n) is 25.2. The summed E-state index contributed by atoms with van der Waals surface area (Å²) in [5.74, 6) is -0.829. The highest BCUT2D eigenvalue weighted by molar-refractivity contribution is 8.02. The van der Waals surface area contributed by atoms with Gasteiger partial charge in [0.25, 0.3) is 11.8 Å². The molecule has 0 aromatic carbocycles. The fraction of sp³-hybridized carbons (Fsp3) is 0.655. The summed E-state index contributed by atoms with van der Waals surface area (Å²) >= 11 is 1.14. The number of halogens is 2. The van der Waals surface area contributed by atoms with Crippen LogP contribution >= 0.6 is 11.9 Å². The molecule has 1 saturated heterocycles. The number of carbonyl (C=O) groups is 1. The van der Waals surface area contributed by atoms with Crippen LogP contribution in [-0.2, 0) is 4.74 Å². The van der Waals surface area contributed by atoms with E-state index < -0.39 is 11.3 Å². The number of carbonyl (C=O) groups excluding carboxylic acids is 1. The summed E-state index contributed by atoms with van der Waals surface area (Å²) in [5, 5.41) is 6.34. The third kappa shape index (κ3) is 6.79. The third-order valence-corrected chi connectivity index (χ3v) is 9.48. The molecule has 1 aromatic rings. The number of nitrogens with one attached hydrogen (secondary N) is 1. The lowest BCUT2D eigenvalue weighted by molar-refractivity contribution is -0.0622. The van der Waals surface area contributed by atoms with Crippen molar-refractivity contribution in [2.24, 2.45) is 27.2 Å². The second-order valence-corrected chi connectivity index (χ2v) is 13.1. The number of rotatable bonds is 10. The van der Waals surface area contributed by atoms with Crippen LogP contribution in [0.25, 0.3) is 0 Å². The highest BCUT2D eigenvalue weighted by Crippen LogP contribution is 2.59. The molecule has 1 aliphatic carbocycles. The van der Waals surface area contributed by atoms with Gasteiger partial charge in [-0.25, -0.2) is 18.8 Å². The first kappa shape index (κ1) is 31.1. The largest absolute Gasteiger partial charge is 0.480 e. The molecule has 41 heavy (non-hydrogen) atoms. The molecule has 0 radical (unpaired) electrons. The van der Waals surface area contributed by atoms with Gasteiger partial charge in [0.2, 0.25) is 5.90 Å². The smallest absolute Gasteiger partial charge is 0.265 e. The number of aromatic nitrogens is 1. The fourth-order valence-corrected chi connectivity index (χ4v) is 6.45. The molecule has 1 amide bonds. The standard InChI is InChI=1S/C29H43F2N7O2S/c1-18-16-27(4,5)37(17-18)25-21(26(39)36-41-24(19(2)32)20(3)33-7)8-9-22(34-25)38-14-10-23(35-38)40-15-13-29(11-12-29)28(6,30)31/h8-9,18H,10-17,32H2,1-7H3,(H,36,39)/t18-/m0/s1. The molecule has 9 nitrogen and oxygen atoms in total. The molecule has 2 aliphatic heterocycles. The summed E-state index contributed by atoms with van der Waals surface area (Å²) in [5.41, 5.74) is 6.67. The summed E-state index contributed by atoms with van der Waals surface area (Å²) in [7, 11) is 1.68. The van der Waals surface area contributed by atoms with Gasteiger partial charge < -0.3 is 15.4 Å². The first-order valence-electron chi connectivity index (χ1n) is 14.2. The molecule has 4 rings (SSSR count). The van der Waals surface area contributed by atoms with Gasteiger partial charge in [-0.15, -0.1) is 5.10 Å². The Morgan fingerprint density at radius 1 is 1.32 bits per heavy atom. The number of nitrogens with two attached hydrogens (primary N) is 1. The first-order valence-corrected chi connectivity index (χ1v) is 15.0. The first-order chi connectivity index (χ1) is 19.2. The van der Waals surface area contributed by atoms with E-state index >= 15 is 0 Å². The summed E-state index contributed by atoms with van der Waals surface area (Å²) in [6.07, 6.45) is 2.91. The van der Waals surface area contributed by atoms with Gasteiger partial charge in [0.05, 0.1) is 23.6 Å². The molecule has 0 bridgehead atoms. The molecule has 0 unspecified atom stereocenters. The number of ether oxygens (including phenoxy) is 1. The molecule has 3 N–H and O–H groups in total. The molecule has 0 spiro atoms. The molecule has 1 atom stereocenters. The van der Waals surface area contributed by atoms with E-state index in [0.29, 0.717) is 71.8 Å². The van der Waals surface area contributed by atoms with Gasteiger partial charge in [0.15, 0.2) is 5.82 Å². The van der Waals surface area contributed by atoms with Crippen LogP contribution in [0.4, 0.5) is 20.4 Å². The van der Waals surface area contributed by atoms with Crippen LogP contribution in [0, 0.1) is 11.3 Å². The number of hydrogen-bond donors (Lipinski definition) is 2. The number of aliphatic imine (C=N–C) groups is 1. The number of nitrogens with zero attached hydrogens (tertiary/aromatic N) is 5. The molecular formula is C29H43F2N7O2S. The van der Waals surface area contributed by atoms with Crippen molar-refractivity contribution in [3.8, 4) is 0 Å². The van der Waals surface area contributed by atoms with Gasteiger partial charge >= 0.3 is 0 Å². The van der Waals surface area contributed by atoms with Crippen LogP contribution < -0.4 is 20.4 Å². The maximum Gasteiger partial charge on any atom is 0.265 e. The van der Waals surface area contributed by atoms with Crippen molar-refractivity contribution in [1.29, 1.82) is 0 Å². The predicted octanol–water partition coefficient (Wildman–Crippen LogP) is 5.73. The SMILES string of the molecule is CN=C(C)C(SNC(=O)c1ccc(N2CCC(OCCC3(C(C)(F)F)CC3)=N2)nc1N1C[C@@H](C)CC1(C)C)=C(C)N. The van der Waals surface area contributed by atoms with E-state index in [1.165, 1.54) is 0 Å². The van der Waals surface area contributed by atoms with Crippen molar-refractivity contribution in [3.05, 3.63) is 28.3 Å². The monoisotopic (exact) mass is 591 g/mol. The van der Waals surface area contributed by atoms with Crippen LogP contribution in [0.3, 0.4) is 0 Å². The Morgan fingerprint density at radius 3 is 2.59 bits per heavy atom. The molecule has 1 aromatic heterocycles. The van der Waals surface area contributed by atoms with Crippen molar-refractivity contribution in [3.63, 3.8) is 0 Å². The van der Waals surface area contributed by atoms with Crippen molar-refractivity contribution < 1.29 is 18.3 Å². The van der Waals surface area contributed by atoms with E-state index in [0.717, 1.165) is 37.5 Å². The number of hydrazone groups is 1. The fourth-order valence-electron chi connectivity index (χ4n) is 5.74. The van der Waals surface area contributed by atoms with Crippen LogP contribution in [0.15, 0.2) is 32.8 Å². The Hall–Kier alpha value is -2.89. The second kappa shape index (κ2) is 11.8. The highest BCUT2D eigenvalue weighted by Gasteiger charge is 2.58. The summed E-state index contributed by atoms with van der Waals surface area (Å²) < 4.78 is 36.5. The van der Waals surface area contributed by atoms with Gasteiger partial charge in [0.1, 0.15) is 5.82 Å². The number of alkyl halides is 2. The van der Waals surface area contributed by atoms with E-state index in [2.05, 4.69) is 40.5 Å². The van der Waals surface area contributed by atoms with E-state index in [4.69, 9.17) is 15.5 Å². The Labute approximate surface area is 246 Å². The summed E-state index contributed by atoms with van der Waals surface area (Å²) in [6, 6.07) is 3.56. The lowest BCUT2D eigenvalue weighted by Gasteiger charge is -2.34. The molecule has 12 heteroatoms. The van der Waals surface area contributed by atoms with Gasteiger partial charge in [-0.3, -0.25) is 14.5 Å². The number of pyridine rings is 1. The minimum atomic E-state index is -2.70. The number of hydrogen-bond acceptors (Lipinski definition) is 9. The molecule has 3 aliphatic rings. The Bertz CT molecular complexity index is 1250. The number of anilines is 2. The third-order valence-electron chi connectivity index (χ3n) is 8.37. The number of amides is 1. The minimum absolute atomic E-state index is 0.194. The van der Waals surface area contributed by atoms with E-state index in [1.807, 2.05) is 6.92 Å². The summed E-state index contributed by atoms with van der Waals surface area (Å²) in [4.78, 5) is 25.6. The van der Waals surface area contributed by atoms with E-state index in [9.17, 15) is 13.6 Å². The number of allylic oxidation sites excluding steroid dienone is 2. The van der Waals surface area contributed by atoms with Crippen molar-refractivity contribution in [1.82, 2.24) is 9.71 Å². The zero-order valence-corrected chi connectivity index (χ0v) is 26.0. The molecule has 1 saturated carbocycles. The van der Waals surface area contributed by atoms with Gasteiger partial charge in [-0.2, -0.15) is 0 Å². The molecule has 226 valence electrons. The lowest BCUT2D eigenvalue weighted by atomic mass is 9.96. The van der Waals surface area contributed by atoms with Gasteiger partial charge in [-0.05, 0) is 90.3 Å².